The van der Waals surface area contributed by atoms with Crippen LogP contribution in [-0.2, 0) is 0 Å². The highest BCUT2D eigenvalue weighted by atomic mass is 16.5. The van der Waals surface area contributed by atoms with Crippen LogP contribution in [0.15, 0.2) is 42.5 Å². The van der Waals surface area contributed by atoms with Crippen LogP contribution in [0.4, 0.5) is 5.69 Å². The van der Waals surface area contributed by atoms with Crippen molar-refractivity contribution in [3.05, 3.63) is 53.6 Å². The maximum atomic E-state index is 12.1. The predicted octanol–water partition coefficient (Wildman–Crippen LogP) is 3.07. The fourth-order valence-corrected chi connectivity index (χ4v) is 1.77. The Balaban J connectivity index is 2.37. The molecule has 0 bridgehead atoms. The first kappa shape index (κ1) is 13.9. The van der Waals surface area contributed by atoms with Gasteiger partial charge in [0.1, 0.15) is 11.5 Å². The van der Waals surface area contributed by atoms with Gasteiger partial charge in [-0.15, -0.1) is 0 Å². The Labute approximate surface area is 118 Å². The third-order valence-electron chi connectivity index (χ3n) is 2.89. The quantitative estimate of drug-likeness (QED) is 0.872. The van der Waals surface area contributed by atoms with Crippen molar-refractivity contribution in [2.24, 2.45) is 0 Å². The van der Waals surface area contributed by atoms with E-state index in [1.807, 2.05) is 31.2 Å². The molecule has 2 rings (SSSR count). The second-order valence-electron chi connectivity index (χ2n) is 4.87. The van der Waals surface area contributed by atoms with Crippen LogP contribution in [0.2, 0.25) is 0 Å². The molecule has 20 heavy (non-hydrogen) atoms. The smallest absolute Gasteiger partial charge is 0.257 e. The minimum Gasteiger partial charge on any atom is -0.456 e. The van der Waals surface area contributed by atoms with E-state index in [0.717, 1.165) is 5.56 Å². The molecule has 0 fully saturated rings. The number of nitrogens with two attached hydrogens (primary N) is 1. The summed E-state index contributed by atoms with van der Waals surface area (Å²) in [6.45, 7) is 2.01. The van der Waals surface area contributed by atoms with Crippen LogP contribution in [-0.4, -0.2) is 24.9 Å². The molecule has 0 saturated carbocycles. The number of anilines is 1. The molecule has 1 amide bonds. The number of carbonyl (C=O) groups is 1. The van der Waals surface area contributed by atoms with Crippen LogP contribution in [0.25, 0.3) is 0 Å². The molecule has 2 N–H and O–H groups in total. The van der Waals surface area contributed by atoms with Gasteiger partial charge in [-0.3, -0.25) is 4.79 Å². The van der Waals surface area contributed by atoms with Gasteiger partial charge in [-0.25, -0.2) is 0 Å². The zero-order valence-corrected chi connectivity index (χ0v) is 11.9. The van der Waals surface area contributed by atoms with E-state index in [-0.39, 0.29) is 5.91 Å². The first-order chi connectivity index (χ1) is 9.47. The van der Waals surface area contributed by atoms with Crippen LogP contribution in [0, 0.1) is 6.92 Å². The first-order valence-corrected chi connectivity index (χ1v) is 6.33. The Morgan fingerprint density at radius 1 is 1.10 bits per heavy atom. The Morgan fingerprint density at radius 2 is 1.75 bits per heavy atom. The van der Waals surface area contributed by atoms with Gasteiger partial charge in [-0.05, 0) is 31.2 Å². The van der Waals surface area contributed by atoms with E-state index in [4.69, 9.17) is 10.5 Å². The highest BCUT2D eigenvalue weighted by Gasteiger charge is 2.15. The lowest BCUT2D eigenvalue weighted by atomic mass is 10.1. The van der Waals surface area contributed by atoms with Gasteiger partial charge in [0.05, 0.1) is 5.56 Å². The summed E-state index contributed by atoms with van der Waals surface area (Å²) in [5.74, 6) is 1.02. The summed E-state index contributed by atoms with van der Waals surface area (Å²) < 4.78 is 5.79. The van der Waals surface area contributed by atoms with Crippen molar-refractivity contribution in [1.29, 1.82) is 0 Å². The van der Waals surface area contributed by atoms with Gasteiger partial charge >= 0.3 is 0 Å². The topological polar surface area (TPSA) is 55.6 Å². The number of benzene rings is 2. The van der Waals surface area contributed by atoms with Gasteiger partial charge in [0.2, 0.25) is 0 Å². The maximum absolute atomic E-state index is 12.1. The highest BCUT2D eigenvalue weighted by Crippen LogP contribution is 2.28. The second kappa shape index (κ2) is 5.65. The van der Waals surface area contributed by atoms with Crippen molar-refractivity contribution in [1.82, 2.24) is 4.90 Å². The first-order valence-electron chi connectivity index (χ1n) is 6.33. The van der Waals surface area contributed by atoms with Crippen molar-refractivity contribution in [3.63, 3.8) is 0 Å². The maximum Gasteiger partial charge on any atom is 0.257 e. The number of hydrogen-bond donors (Lipinski definition) is 1. The van der Waals surface area contributed by atoms with E-state index < -0.39 is 0 Å². The van der Waals surface area contributed by atoms with E-state index in [1.165, 1.54) is 4.90 Å². The van der Waals surface area contributed by atoms with Gasteiger partial charge in [0, 0.05) is 25.8 Å². The normalized spacial score (nSPS) is 10.2. The number of nitrogen functional groups attached to an aromatic ring is 1. The summed E-state index contributed by atoms with van der Waals surface area (Å²) >= 11 is 0. The SMILES string of the molecule is Cc1ccc(Oc2cc(N)ccc2C(=O)N(C)C)cc1. The second-order valence-corrected chi connectivity index (χ2v) is 4.87. The number of hydrogen-bond acceptors (Lipinski definition) is 3. The molecule has 4 nitrogen and oxygen atoms in total. The van der Waals surface area contributed by atoms with E-state index >= 15 is 0 Å². The average Bonchev–Trinajstić information content (AvgIpc) is 2.41. The summed E-state index contributed by atoms with van der Waals surface area (Å²) in [5, 5.41) is 0. The van der Waals surface area contributed by atoms with Gasteiger partial charge in [0.15, 0.2) is 0 Å². The third kappa shape index (κ3) is 3.09. The minimum absolute atomic E-state index is 0.118. The number of carbonyl (C=O) groups excluding carboxylic acids is 1. The van der Waals surface area contributed by atoms with E-state index in [0.29, 0.717) is 22.7 Å². The molecule has 0 spiro atoms. The zero-order valence-electron chi connectivity index (χ0n) is 11.9. The Kier molecular flexibility index (Phi) is 3.94. The molecule has 0 saturated heterocycles. The number of nitrogens with zero attached hydrogens (tertiary/aromatic N) is 1. The lowest BCUT2D eigenvalue weighted by Gasteiger charge is -2.15. The van der Waals surface area contributed by atoms with Crippen molar-refractivity contribution in [2.75, 3.05) is 19.8 Å². The van der Waals surface area contributed by atoms with Crippen LogP contribution in [0.5, 0.6) is 11.5 Å². The minimum atomic E-state index is -0.118. The molecule has 0 aliphatic carbocycles. The third-order valence-corrected chi connectivity index (χ3v) is 2.89. The van der Waals surface area contributed by atoms with E-state index in [2.05, 4.69) is 0 Å². The fraction of sp³-hybridized carbons (Fsp3) is 0.188. The molecule has 0 radical (unpaired) electrons. The van der Waals surface area contributed by atoms with Gasteiger partial charge in [-0.2, -0.15) is 0 Å². The van der Waals surface area contributed by atoms with Gasteiger partial charge in [0.25, 0.3) is 5.91 Å². The molecular weight excluding hydrogens is 252 g/mol. The number of rotatable bonds is 3. The van der Waals surface area contributed by atoms with E-state index in [1.54, 1.807) is 32.3 Å². The van der Waals surface area contributed by atoms with Crippen molar-refractivity contribution in [2.45, 2.75) is 6.92 Å². The molecule has 0 aliphatic heterocycles. The summed E-state index contributed by atoms with van der Waals surface area (Å²) in [7, 11) is 3.41. The molecule has 0 unspecified atom stereocenters. The van der Waals surface area contributed by atoms with Crippen LogP contribution in [0.1, 0.15) is 15.9 Å². The molecule has 2 aromatic rings. The molecule has 0 aromatic heterocycles. The van der Waals surface area contributed by atoms with E-state index in [9.17, 15) is 4.79 Å². The molecule has 2 aromatic carbocycles. The Hall–Kier alpha value is -2.49. The number of ether oxygens (including phenoxy) is 1. The van der Waals surface area contributed by atoms with Crippen molar-refractivity contribution >= 4 is 11.6 Å². The molecule has 104 valence electrons. The van der Waals surface area contributed by atoms with Gasteiger partial charge < -0.3 is 15.4 Å². The molecular formula is C16H18N2O2. The standard InChI is InChI=1S/C16H18N2O2/c1-11-4-7-13(8-5-11)20-15-10-12(17)6-9-14(15)16(19)18(2)3/h4-10H,17H2,1-3H3. The fourth-order valence-electron chi connectivity index (χ4n) is 1.77. The molecule has 4 heteroatoms. The summed E-state index contributed by atoms with van der Waals surface area (Å²) in [6, 6.07) is 12.7. The zero-order chi connectivity index (χ0) is 14.7. The Bertz CT molecular complexity index is 619. The largest absolute Gasteiger partial charge is 0.456 e. The van der Waals surface area contributed by atoms with Gasteiger partial charge in [-0.1, -0.05) is 17.7 Å². The predicted molar refractivity (Wildman–Crippen MR) is 80.1 cm³/mol. The van der Waals surface area contributed by atoms with Crippen molar-refractivity contribution < 1.29 is 9.53 Å². The number of aryl methyl sites for hydroxylation is 1. The van der Waals surface area contributed by atoms with Crippen LogP contribution >= 0.6 is 0 Å². The Morgan fingerprint density at radius 3 is 2.35 bits per heavy atom. The lowest BCUT2D eigenvalue weighted by Crippen LogP contribution is -2.22. The average molecular weight is 270 g/mol. The molecule has 0 atom stereocenters. The van der Waals surface area contributed by atoms with Crippen LogP contribution < -0.4 is 10.5 Å². The summed E-state index contributed by atoms with van der Waals surface area (Å²) in [5.41, 5.74) is 7.97. The summed E-state index contributed by atoms with van der Waals surface area (Å²) in [6.07, 6.45) is 0. The highest BCUT2D eigenvalue weighted by molar-refractivity contribution is 5.97. The molecule has 0 heterocycles. The summed E-state index contributed by atoms with van der Waals surface area (Å²) in [4.78, 5) is 13.6. The monoisotopic (exact) mass is 270 g/mol. The molecule has 0 aliphatic rings. The number of amides is 1. The lowest BCUT2D eigenvalue weighted by molar-refractivity contribution is 0.0825. The van der Waals surface area contributed by atoms with Crippen molar-refractivity contribution in [3.8, 4) is 11.5 Å². The van der Waals surface area contributed by atoms with Crippen LogP contribution in [0.3, 0.4) is 0 Å².